The molecule has 3 aliphatic rings. The predicted octanol–water partition coefficient (Wildman–Crippen LogP) is 11.3. The Hall–Kier alpha value is -9.13. The van der Waals surface area contributed by atoms with Crippen LogP contribution in [-0.4, -0.2) is 147 Å². The van der Waals surface area contributed by atoms with Crippen molar-refractivity contribution in [2.24, 2.45) is 0 Å². The van der Waals surface area contributed by atoms with Gasteiger partial charge in [0.2, 0.25) is 0 Å². The number of benzene rings is 3. The molecule has 0 atom stereocenters. The second-order valence-corrected chi connectivity index (χ2v) is 26.5. The highest BCUT2D eigenvalue weighted by Gasteiger charge is 2.33. The molecule has 12 aromatic rings. The summed E-state index contributed by atoms with van der Waals surface area (Å²) in [5, 5.41) is 67.5. The fraction of sp³-hybridized carbons (Fsp3) is 0.380. The number of hydrogen-bond acceptors (Lipinski definition) is 17. The first-order valence-electron chi connectivity index (χ1n) is 32.3. The molecule has 0 saturated carbocycles. The molecule has 9 aromatic heterocycles. The Bertz CT molecular complexity index is 4890. The van der Waals surface area contributed by atoms with Gasteiger partial charge in [0.25, 0.3) is 0 Å². The summed E-state index contributed by atoms with van der Waals surface area (Å²) in [6.45, 7) is 23.5. The maximum Gasteiger partial charge on any atom is 0.157 e. The number of likely N-dealkylation sites (tertiary alicyclic amines) is 1. The van der Waals surface area contributed by atoms with Gasteiger partial charge in [-0.15, -0.1) is 5.10 Å². The molecule has 15 rings (SSSR count). The molecule has 0 radical (unpaired) electrons. The van der Waals surface area contributed by atoms with Crippen molar-refractivity contribution >= 4 is 55.2 Å². The third kappa shape index (κ3) is 13.4. The van der Waals surface area contributed by atoms with Gasteiger partial charge in [0.15, 0.2) is 16.9 Å². The number of aromatic nitrogens is 15. The highest BCUT2D eigenvalue weighted by atomic mass is 19.1. The van der Waals surface area contributed by atoms with E-state index < -0.39 is 0 Å². The molecular formula is C71H77F3N18O2. The largest absolute Gasteiger partial charge is 0.396 e. The van der Waals surface area contributed by atoms with Gasteiger partial charge >= 0.3 is 0 Å². The Labute approximate surface area is 541 Å². The number of halogens is 3. The zero-order valence-electron chi connectivity index (χ0n) is 54.5. The van der Waals surface area contributed by atoms with Crippen molar-refractivity contribution < 1.29 is 23.4 Å². The average Bonchev–Trinajstić information content (AvgIpc) is 0.914. The number of nitrogens with zero attached hydrogens (tertiary/aromatic N) is 16. The average molecular weight is 1270 g/mol. The third-order valence-electron chi connectivity index (χ3n) is 18.0. The molecule has 23 heteroatoms. The quantitative estimate of drug-likeness (QED) is 0.0942. The summed E-state index contributed by atoms with van der Waals surface area (Å²) in [6, 6.07) is 21.2. The van der Waals surface area contributed by atoms with Crippen LogP contribution < -0.4 is 10.6 Å². The number of fused-ring (bicyclic) bond motifs is 6. The topological polar surface area (TPSA) is 236 Å². The van der Waals surface area contributed by atoms with Crippen LogP contribution in [0.2, 0.25) is 0 Å². The third-order valence-corrected chi connectivity index (χ3v) is 18.0. The number of nitrogens with one attached hydrogen (secondary N) is 2. The Morgan fingerprint density at radius 2 is 0.947 bits per heavy atom. The molecule has 0 amide bonds. The minimum atomic E-state index is -0.333. The minimum Gasteiger partial charge on any atom is -0.396 e. The number of hydrogen-bond donors (Lipinski definition) is 4. The summed E-state index contributed by atoms with van der Waals surface area (Å²) in [5.74, 6) is -0.352. The van der Waals surface area contributed by atoms with Crippen LogP contribution in [0.15, 0.2) is 97.5 Å². The molecule has 12 heterocycles. The lowest BCUT2D eigenvalue weighted by atomic mass is 9.82. The SMILES string of the molecule is CCN1CCC(c2cc3c(F)cc(-c4cc(CCO)c5nc(C)cn5n4)cc3nn2)CC1.Cc1cn2nc(-c3cc(F)c4cc(C5=CC(C)(C)NC(C)(C)C5)nnc4c3)cc(C)c2n1.Cc1cn2nc(-c3cc(F)c4cc(C5CCNCC5)nnc4c3)cc(CCO)c2n1. The molecule has 0 bridgehead atoms. The van der Waals surface area contributed by atoms with Crippen LogP contribution in [0.1, 0.15) is 129 Å². The summed E-state index contributed by atoms with van der Waals surface area (Å²) >= 11 is 0. The van der Waals surface area contributed by atoms with Gasteiger partial charge in [0.05, 0.1) is 86.4 Å². The van der Waals surface area contributed by atoms with Gasteiger partial charge in [-0.1, -0.05) is 13.0 Å². The molecule has 2 fully saturated rings. The summed E-state index contributed by atoms with van der Waals surface area (Å²) in [4.78, 5) is 15.9. The van der Waals surface area contributed by atoms with E-state index in [9.17, 15) is 10.2 Å². The van der Waals surface area contributed by atoms with Crippen molar-refractivity contribution in [1.82, 2.24) is 89.9 Å². The van der Waals surface area contributed by atoms with Crippen molar-refractivity contribution in [3.05, 3.63) is 166 Å². The number of aliphatic hydroxyl groups is 2. The van der Waals surface area contributed by atoms with Crippen LogP contribution >= 0.6 is 0 Å². The molecule has 3 aromatic carbocycles. The fourth-order valence-electron chi connectivity index (χ4n) is 13.7. The van der Waals surface area contributed by atoms with Gasteiger partial charge in [-0.25, -0.2) is 41.7 Å². The smallest absolute Gasteiger partial charge is 0.157 e. The lowest BCUT2D eigenvalue weighted by molar-refractivity contribution is 0.220. The van der Waals surface area contributed by atoms with Crippen molar-refractivity contribution in [2.75, 3.05) is 45.9 Å². The molecule has 4 N–H and O–H groups in total. The van der Waals surface area contributed by atoms with Crippen LogP contribution in [0, 0.1) is 45.1 Å². The maximum absolute atomic E-state index is 15.3. The Morgan fingerprint density at radius 1 is 0.511 bits per heavy atom. The fourth-order valence-corrected chi connectivity index (χ4v) is 13.7. The summed E-state index contributed by atoms with van der Waals surface area (Å²) < 4.78 is 50.6. The number of rotatable bonds is 11. The maximum atomic E-state index is 15.3. The van der Waals surface area contributed by atoms with E-state index in [1.165, 1.54) is 18.2 Å². The van der Waals surface area contributed by atoms with E-state index >= 15 is 13.2 Å². The van der Waals surface area contributed by atoms with Crippen LogP contribution in [0.4, 0.5) is 13.2 Å². The van der Waals surface area contributed by atoms with Crippen LogP contribution in [-0.2, 0) is 12.8 Å². The number of aliphatic hydroxyl groups excluding tert-OH is 2. The molecule has 2 saturated heterocycles. The lowest BCUT2D eigenvalue weighted by Gasteiger charge is -2.41. The van der Waals surface area contributed by atoms with Gasteiger partial charge < -0.3 is 25.7 Å². The Morgan fingerprint density at radius 3 is 1.41 bits per heavy atom. The number of aryl methyl sites for hydroxylation is 4. The van der Waals surface area contributed by atoms with Crippen molar-refractivity contribution in [2.45, 2.75) is 130 Å². The van der Waals surface area contributed by atoms with Crippen LogP contribution in [0.3, 0.4) is 0 Å². The Kier molecular flexibility index (Phi) is 17.6. The van der Waals surface area contributed by atoms with E-state index in [1.807, 2.05) is 101 Å². The lowest BCUT2D eigenvalue weighted by Crippen LogP contribution is -2.53. The summed E-state index contributed by atoms with van der Waals surface area (Å²) in [5.41, 5.74) is 16.1. The first-order valence-corrected chi connectivity index (χ1v) is 32.3. The van der Waals surface area contributed by atoms with E-state index in [0.717, 1.165) is 127 Å². The van der Waals surface area contributed by atoms with Gasteiger partial charge in [0.1, 0.15) is 17.5 Å². The van der Waals surface area contributed by atoms with E-state index in [1.54, 1.807) is 13.5 Å². The zero-order chi connectivity index (χ0) is 65.7. The van der Waals surface area contributed by atoms with E-state index in [2.05, 4.69) is 117 Å². The zero-order valence-corrected chi connectivity index (χ0v) is 54.5. The van der Waals surface area contributed by atoms with Gasteiger partial charge in [0, 0.05) is 80.1 Å². The monoisotopic (exact) mass is 1270 g/mol. The van der Waals surface area contributed by atoms with E-state index in [4.69, 9.17) is 0 Å². The van der Waals surface area contributed by atoms with E-state index in [0.29, 0.717) is 102 Å². The van der Waals surface area contributed by atoms with Crippen LogP contribution in [0.25, 0.3) is 89.0 Å². The van der Waals surface area contributed by atoms with Crippen LogP contribution in [0.5, 0.6) is 0 Å². The second kappa shape index (κ2) is 26.0. The highest BCUT2D eigenvalue weighted by Crippen LogP contribution is 2.37. The molecule has 3 aliphatic heterocycles. The number of imidazole rings is 3. The minimum absolute atomic E-state index is 0.00203. The van der Waals surface area contributed by atoms with Crippen molar-refractivity contribution in [1.29, 1.82) is 0 Å². The molecule has 484 valence electrons. The van der Waals surface area contributed by atoms with Crippen molar-refractivity contribution in [3.8, 4) is 33.8 Å². The van der Waals surface area contributed by atoms with E-state index in [-0.39, 0.29) is 41.7 Å². The first kappa shape index (κ1) is 63.6. The van der Waals surface area contributed by atoms with Gasteiger partial charge in [-0.05, 0) is 217 Å². The second-order valence-electron chi connectivity index (χ2n) is 26.5. The highest BCUT2D eigenvalue weighted by molar-refractivity contribution is 5.88. The molecule has 0 unspecified atom stereocenters. The molecule has 0 spiro atoms. The normalized spacial score (nSPS) is 16.3. The standard InChI is InChI=1S/C25H27FN6.C24H27FN6O.C22H23FN6O/c1-14-7-21(30-32-13-15(2)27-23(14)32)16-8-19(26)18-10-20(28-29-22(18)9-16)17-11-24(3,4)31-25(5,6)12-17;1-3-30-7-4-16(5-8-30)21-13-19-20(25)10-18(12-23(19)28-27-21)22-11-17(6-9-32)24-26-15(2)14-31(24)29-22;1-13-12-29-22(25-13)15(4-7-30)9-20(28-29)16-8-18(23)17-11-19(26-27-21(17)10-16)14-2-5-24-6-3-14/h7-11,13,31H,12H2,1-6H3;10-14,16,32H,3-9H2,1-2H3;8-12,14,24,30H,2-7H2,1H3. The van der Waals surface area contributed by atoms with Crippen molar-refractivity contribution in [3.63, 3.8) is 0 Å². The molecule has 94 heavy (non-hydrogen) atoms. The molecular weight excluding hydrogens is 1190 g/mol. The molecule has 0 aliphatic carbocycles. The number of piperidine rings is 2. The Balaban J connectivity index is 0.000000128. The first-order chi connectivity index (χ1) is 45.2. The summed E-state index contributed by atoms with van der Waals surface area (Å²) in [6.07, 6.45) is 13.4. The van der Waals surface area contributed by atoms with Gasteiger partial charge in [-0.3, -0.25) is 0 Å². The summed E-state index contributed by atoms with van der Waals surface area (Å²) in [7, 11) is 0. The molecule has 20 nitrogen and oxygen atoms in total. The predicted molar refractivity (Wildman–Crippen MR) is 358 cm³/mol. The van der Waals surface area contributed by atoms with Gasteiger partial charge in [-0.2, -0.15) is 40.8 Å².